The number of carboxylic acids is 1. The molecule has 2 N–H and O–H groups in total. The van der Waals surface area contributed by atoms with Crippen LogP contribution in [0, 0.1) is 0 Å². The van der Waals surface area contributed by atoms with Crippen molar-refractivity contribution in [3.05, 3.63) is 47.9 Å². The summed E-state index contributed by atoms with van der Waals surface area (Å²) in [7, 11) is -3.52. The molecule has 102 valence electrons. The van der Waals surface area contributed by atoms with Crippen molar-refractivity contribution in [3.8, 4) is 0 Å². The molecule has 1 aliphatic heterocycles. The van der Waals surface area contributed by atoms with Gasteiger partial charge in [0, 0.05) is 5.41 Å². The van der Waals surface area contributed by atoms with Crippen molar-refractivity contribution in [2.75, 3.05) is 0 Å². The molecule has 0 amide bonds. The highest BCUT2D eigenvalue weighted by Gasteiger charge is 2.43. The van der Waals surface area contributed by atoms with Crippen LogP contribution in [0.5, 0.6) is 0 Å². The molecule has 1 fully saturated rings. The van der Waals surface area contributed by atoms with Gasteiger partial charge in [-0.1, -0.05) is 36.9 Å². The van der Waals surface area contributed by atoms with Crippen molar-refractivity contribution in [2.24, 2.45) is 0 Å². The molecule has 6 heteroatoms. The number of benzene rings is 1. The Balaban J connectivity index is 2.39. The van der Waals surface area contributed by atoms with Gasteiger partial charge in [-0.05, 0) is 12.0 Å². The first-order chi connectivity index (χ1) is 8.95. The molecule has 19 heavy (non-hydrogen) atoms. The van der Waals surface area contributed by atoms with E-state index in [1.165, 1.54) is 0 Å². The van der Waals surface area contributed by atoms with Gasteiger partial charge in [0.2, 0.25) is 0 Å². The maximum absolute atomic E-state index is 12.0. The van der Waals surface area contributed by atoms with Gasteiger partial charge in [0.25, 0.3) is 0 Å². The van der Waals surface area contributed by atoms with Crippen LogP contribution in [0.3, 0.4) is 0 Å². The summed E-state index contributed by atoms with van der Waals surface area (Å²) in [4.78, 5) is 11.1. The maximum atomic E-state index is 12.0. The van der Waals surface area contributed by atoms with Gasteiger partial charge >= 0.3 is 5.97 Å². The van der Waals surface area contributed by atoms with Crippen molar-refractivity contribution in [2.45, 2.75) is 23.8 Å². The lowest BCUT2D eigenvalue weighted by Gasteiger charge is -2.18. The van der Waals surface area contributed by atoms with E-state index in [2.05, 4.69) is 11.9 Å². The van der Waals surface area contributed by atoms with Crippen LogP contribution in [-0.2, 0) is 14.6 Å². The molecule has 2 unspecified atom stereocenters. The van der Waals surface area contributed by atoms with E-state index >= 15 is 0 Å². The number of sulfone groups is 1. The van der Waals surface area contributed by atoms with E-state index in [1.807, 2.05) is 6.07 Å². The molecule has 0 spiro atoms. The summed E-state index contributed by atoms with van der Waals surface area (Å²) in [5.41, 5.74) is 0.765. The van der Waals surface area contributed by atoms with E-state index in [4.69, 9.17) is 5.11 Å². The first-order valence-electron chi connectivity index (χ1n) is 5.86. The zero-order valence-electron chi connectivity index (χ0n) is 10.2. The van der Waals surface area contributed by atoms with Gasteiger partial charge in [0.15, 0.2) is 9.84 Å². The minimum Gasteiger partial charge on any atom is -0.480 e. The van der Waals surface area contributed by atoms with Crippen LogP contribution in [0.2, 0.25) is 0 Å². The fraction of sp³-hybridized carbons (Fsp3) is 0.308. The van der Waals surface area contributed by atoms with Crippen LogP contribution in [0.4, 0.5) is 0 Å². The highest BCUT2D eigenvalue weighted by atomic mass is 32.2. The summed E-state index contributed by atoms with van der Waals surface area (Å²) in [6.45, 7) is 3.31. The predicted octanol–water partition coefficient (Wildman–Crippen LogP) is 1.10. The van der Waals surface area contributed by atoms with E-state index in [1.54, 1.807) is 24.3 Å². The van der Waals surface area contributed by atoms with Crippen LogP contribution < -0.4 is 5.32 Å². The maximum Gasteiger partial charge on any atom is 0.320 e. The molecule has 1 aliphatic rings. The molecule has 0 aromatic heterocycles. The third-order valence-corrected chi connectivity index (χ3v) is 5.10. The molecule has 1 aromatic carbocycles. The number of aliphatic carboxylic acids is 1. The molecule has 1 saturated heterocycles. The zero-order chi connectivity index (χ0) is 14.0. The Morgan fingerprint density at radius 3 is 2.53 bits per heavy atom. The standard InChI is InChI=1S/C13H15NO4S/c1-2-19(17,18)11-8-10(13(15)16)14-12(11)9-6-4-3-5-7-9/h2-7,10-12,14H,1,8H2,(H,15,16)/t10-,11?,12?/m0/s1. The van der Waals surface area contributed by atoms with E-state index in [9.17, 15) is 13.2 Å². The summed E-state index contributed by atoms with van der Waals surface area (Å²) in [5.74, 6) is -1.04. The fourth-order valence-corrected chi connectivity index (χ4v) is 3.67. The Morgan fingerprint density at radius 1 is 1.37 bits per heavy atom. The SMILES string of the molecule is C=CS(=O)(=O)C1C[C@@H](C(=O)O)NC1c1ccccc1. The Bertz CT molecular complexity index is 582. The largest absolute Gasteiger partial charge is 0.480 e. The molecule has 0 bridgehead atoms. The van der Waals surface area contributed by atoms with Crippen molar-refractivity contribution >= 4 is 15.8 Å². The normalized spacial score (nSPS) is 27.1. The third kappa shape index (κ3) is 2.69. The molecule has 5 nitrogen and oxygen atoms in total. The number of nitrogens with one attached hydrogen (secondary N) is 1. The lowest BCUT2D eigenvalue weighted by Crippen LogP contribution is -2.32. The lowest BCUT2D eigenvalue weighted by molar-refractivity contribution is -0.139. The number of hydrogen-bond donors (Lipinski definition) is 2. The molecule has 1 heterocycles. The van der Waals surface area contributed by atoms with E-state index in [0.29, 0.717) is 0 Å². The molecule has 0 saturated carbocycles. The van der Waals surface area contributed by atoms with Gasteiger partial charge in [-0.3, -0.25) is 10.1 Å². The van der Waals surface area contributed by atoms with Crippen LogP contribution in [0.1, 0.15) is 18.0 Å². The van der Waals surface area contributed by atoms with Gasteiger partial charge in [0.1, 0.15) is 6.04 Å². The Hall–Kier alpha value is -1.66. The van der Waals surface area contributed by atoms with Gasteiger partial charge in [-0.15, -0.1) is 0 Å². The second-order valence-corrected chi connectivity index (χ2v) is 6.59. The third-order valence-electron chi connectivity index (χ3n) is 3.33. The van der Waals surface area contributed by atoms with Crippen molar-refractivity contribution < 1.29 is 18.3 Å². The predicted molar refractivity (Wildman–Crippen MR) is 71.3 cm³/mol. The summed E-state index contributed by atoms with van der Waals surface area (Å²) in [6.07, 6.45) is 0.0449. The van der Waals surface area contributed by atoms with Crippen molar-refractivity contribution in [1.29, 1.82) is 0 Å². The monoisotopic (exact) mass is 281 g/mol. The molecule has 0 radical (unpaired) electrons. The van der Waals surface area contributed by atoms with Crippen LogP contribution in [-0.4, -0.2) is 30.8 Å². The molecular weight excluding hydrogens is 266 g/mol. The second-order valence-electron chi connectivity index (χ2n) is 4.48. The highest BCUT2D eigenvalue weighted by Crippen LogP contribution is 2.32. The lowest BCUT2D eigenvalue weighted by atomic mass is 10.1. The molecule has 3 atom stereocenters. The van der Waals surface area contributed by atoms with E-state index in [0.717, 1.165) is 11.0 Å². The average molecular weight is 281 g/mol. The van der Waals surface area contributed by atoms with Gasteiger partial charge in [-0.2, -0.15) is 0 Å². The number of carboxylic acid groups (broad SMARTS) is 1. The summed E-state index contributed by atoms with van der Waals surface area (Å²) < 4.78 is 24.0. The molecule has 2 rings (SSSR count). The summed E-state index contributed by atoms with van der Waals surface area (Å²) >= 11 is 0. The smallest absolute Gasteiger partial charge is 0.320 e. The van der Waals surface area contributed by atoms with Crippen LogP contribution >= 0.6 is 0 Å². The Labute approximate surface area is 111 Å². The zero-order valence-corrected chi connectivity index (χ0v) is 11.0. The van der Waals surface area contributed by atoms with Crippen LogP contribution in [0.25, 0.3) is 0 Å². The highest BCUT2D eigenvalue weighted by molar-refractivity contribution is 7.94. The first kappa shape index (κ1) is 13.8. The molecule has 0 aliphatic carbocycles. The summed E-state index contributed by atoms with van der Waals surface area (Å²) in [5, 5.41) is 12.0. The van der Waals surface area contributed by atoms with Gasteiger partial charge in [0.05, 0.1) is 11.3 Å². The van der Waals surface area contributed by atoms with Gasteiger partial charge in [-0.25, -0.2) is 8.42 Å². The summed E-state index contributed by atoms with van der Waals surface area (Å²) in [6, 6.07) is 7.60. The Kier molecular flexibility index (Phi) is 3.73. The molecular formula is C13H15NO4S. The number of rotatable bonds is 4. The Morgan fingerprint density at radius 2 is 2.00 bits per heavy atom. The quantitative estimate of drug-likeness (QED) is 0.863. The second kappa shape index (κ2) is 5.14. The van der Waals surface area contributed by atoms with Gasteiger partial charge < -0.3 is 5.11 Å². The number of carbonyl (C=O) groups is 1. The topological polar surface area (TPSA) is 83.5 Å². The molecule has 1 aromatic rings. The number of hydrogen-bond acceptors (Lipinski definition) is 4. The van der Waals surface area contributed by atoms with E-state index < -0.39 is 33.1 Å². The minimum atomic E-state index is -3.52. The average Bonchev–Trinajstić information content (AvgIpc) is 2.86. The van der Waals surface area contributed by atoms with Crippen LogP contribution in [0.15, 0.2) is 42.3 Å². The van der Waals surface area contributed by atoms with Crippen molar-refractivity contribution in [1.82, 2.24) is 5.32 Å². The van der Waals surface area contributed by atoms with E-state index in [-0.39, 0.29) is 6.42 Å². The minimum absolute atomic E-state index is 0.0449. The van der Waals surface area contributed by atoms with Crippen molar-refractivity contribution in [3.63, 3.8) is 0 Å². The first-order valence-corrected chi connectivity index (χ1v) is 7.47. The fourth-order valence-electron chi connectivity index (χ4n) is 2.35.